The largest absolute Gasteiger partial charge is 0.333 e. The second-order valence-corrected chi connectivity index (χ2v) is 9.34. The molecule has 1 aromatic rings. The minimum absolute atomic E-state index is 0. The SMILES string of the molecule is C[Si](C)(CN)Cc1c(F)cccc1F.Cl. The zero-order valence-corrected chi connectivity index (χ0v) is 10.7. The standard InChI is InChI=1S/C10H15F2NSi.ClH/c1-14(2,7-13)6-8-9(11)4-3-5-10(8)12;/h3-5H,6-7,13H2,1-2H3;1H. The summed E-state index contributed by atoms with van der Waals surface area (Å²) in [6.45, 7) is 4.05. The van der Waals surface area contributed by atoms with Crippen molar-refractivity contribution >= 4 is 20.5 Å². The number of hydrogen-bond donors (Lipinski definition) is 1. The zero-order valence-electron chi connectivity index (χ0n) is 8.89. The van der Waals surface area contributed by atoms with Crippen LogP contribution in [-0.4, -0.2) is 14.2 Å². The Hall–Kier alpha value is -0.453. The Balaban J connectivity index is 0.00000196. The maximum atomic E-state index is 13.3. The zero-order chi connectivity index (χ0) is 10.8. The van der Waals surface area contributed by atoms with Crippen LogP contribution in [0.5, 0.6) is 0 Å². The first-order valence-corrected chi connectivity index (χ1v) is 8.01. The van der Waals surface area contributed by atoms with Gasteiger partial charge in [0.25, 0.3) is 0 Å². The quantitative estimate of drug-likeness (QED) is 0.822. The van der Waals surface area contributed by atoms with Gasteiger partial charge in [0.2, 0.25) is 0 Å². The minimum Gasteiger partial charge on any atom is -0.333 e. The molecule has 1 nitrogen and oxygen atoms in total. The molecule has 86 valence electrons. The van der Waals surface area contributed by atoms with Crippen LogP contribution in [0.4, 0.5) is 8.78 Å². The molecule has 2 N–H and O–H groups in total. The molecule has 0 aliphatic rings. The molecule has 0 aromatic heterocycles. The number of nitrogens with two attached hydrogens (primary N) is 1. The summed E-state index contributed by atoms with van der Waals surface area (Å²) in [4.78, 5) is 0. The highest BCUT2D eigenvalue weighted by Gasteiger charge is 2.22. The van der Waals surface area contributed by atoms with Crippen molar-refractivity contribution in [3.05, 3.63) is 35.4 Å². The molecule has 0 bridgehead atoms. The summed E-state index contributed by atoms with van der Waals surface area (Å²) < 4.78 is 26.5. The lowest BCUT2D eigenvalue weighted by Gasteiger charge is -2.20. The molecule has 1 aromatic carbocycles. The van der Waals surface area contributed by atoms with Crippen molar-refractivity contribution in [2.75, 3.05) is 6.17 Å². The molecule has 0 fully saturated rings. The van der Waals surface area contributed by atoms with Gasteiger partial charge in [0.1, 0.15) is 11.6 Å². The van der Waals surface area contributed by atoms with E-state index in [1.54, 1.807) is 0 Å². The molecule has 0 saturated carbocycles. The monoisotopic (exact) mass is 251 g/mol. The molecule has 0 amide bonds. The van der Waals surface area contributed by atoms with Crippen LogP contribution in [0.2, 0.25) is 13.1 Å². The van der Waals surface area contributed by atoms with Gasteiger partial charge < -0.3 is 5.73 Å². The third kappa shape index (κ3) is 3.89. The van der Waals surface area contributed by atoms with Gasteiger partial charge in [-0.3, -0.25) is 0 Å². The fourth-order valence-corrected chi connectivity index (χ4v) is 2.69. The van der Waals surface area contributed by atoms with Crippen molar-refractivity contribution in [3.8, 4) is 0 Å². The van der Waals surface area contributed by atoms with E-state index in [0.29, 0.717) is 12.2 Å². The summed E-state index contributed by atoms with van der Waals surface area (Å²) >= 11 is 0. The molecule has 0 unspecified atom stereocenters. The van der Waals surface area contributed by atoms with Gasteiger partial charge in [-0.25, -0.2) is 8.78 Å². The first-order valence-electron chi connectivity index (χ1n) is 4.59. The molecule has 0 aliphatic heterocycles. The average molecular weight is 252 g/mol. The summed E-state index contributed by atoms with van der Waals surface area (Å²) in [6, 6.07) is 4.42. The number of rotatable bonds is 3. The highest BCUT2D eigenvalue weighted by Crippen LogP contribution is 2.17. The van der Waals surface area contributed by atoms with E-state index in [2.05, 4.69) is 0 Å². The minimum atomic E-state index is -1.68. The topological polar surface area (TPSA) is 26.0 Å². The molecule has 1 rings (SSSR count). The summed E-state index contributed by atoms with van der Waals surface area (Å²) in [5.41, 5.74) is 5.76. The molecule has 5 heteroatoms. The van der Waals surface area contributed by atoms with Crippen LogP contribution in [0.25, 0.3) is 0 Å². The summed E-state index contributed by atoms with van der Waals surface area (Å²) in [5, 5.41) is 0. The van der Waals surface area contributed by atoms with Crippen LogP contribution >= 0.6 is 12.4 Å². The van der Waals surface area contributed by atoms with Crippen molar-refractivity contribution in [1.29, 1.82) is 0 Å². The molecule has 0 saturated heterocycles. The molecule has 0 heterocycles. The number of benzene rings is 1. The van der Waals surface area contributed by atoms with Crippen molar-refractivity contribution in [2.24, 2.45) is 5.73 Å². The van der Waals surface area contributed by atoms with Crippen LogP contribution < -0.4 is 5.73 Å². The van der Waals surface area contributed by atoms with E-state index >= 15 is 0 Å². The lowest BCUT2D eigenvalue weighted by atomic mass is 10.2. The van der Waals surface area contributed by atoms with Crippen molar-refractivity contribution in [3.63, 3.8) is 0 Å². The Morgan fingerprint density at radius 3 is 2.07 bits per heavy atom. The van der Waals surface area contributed by atoms with Crippen molar-refractivity contribution in [2.45, 2.75) is 19.1 Å². The Kier molecular flexibility index (Phi) is 5.41. The van der Waals surface area contributed by atoms with Crippen LogP contribution in [0.3, 0.4) is 0 Å². The van der Waals surface area contributed by atoms with Gasteiger partial charge in [-0.2, -0.15) is 0 Å². The Bertz CT molecular complexity index is 311. The van der Waals surface area contributed by atoms with Crippen molar-refractivity contribution in [1.82, 2.24) is 0 Å². The van der Waals surface area contributed by atoms with Gasteiger partial charge in [0.05, 0.1) is 8.07 Å². The molecule has 0 spiro atoms. The lowest BCUT2D eigenvalue weighted by molar-refractivity contribution is 0.564. The third-order valence-electron chi connectivity index (χ3n) is 2.27. The maximum absolute atomic E-state index is 13.3. The van der Waals surface area contributed by atoms with Crippen LogP contribution in [0.15, 0.2) is 18.2 Å². The van der Waals surface area contributed by atoms with Crippen molar-refractivity contribution < 1.29 is 8.78 Å². The van der Waals surface area contributed by atoms with Gasteiger partial charge >= 0.3 is 0 Å². The van der Waals surface area contributed by atoms with E-state index < -0.39 is 19.7 Å². The molecular weight excluding hydrogens is 236 g/mol. The van der Waals surface area contributed by atoms with Crippen LogP contribution in [-0.2, 0) is 6.04 Å². The fourth-order valence-electron chi connectivity index (χ4n) is 1.25. The van der Waals surface area contributed by atoms with E-state index in [9.17, 15) is 8.78 Å². The third-order valence-corrected chi connectivity index (χ3v) is 4.69. The predicted molar refractivity (Wildman–Crippen MR) is 63.8 cm³/mol. The average Bonchev–Trinajstić information content (AvgIpc) is 2.12. The Morgan fingerprint density at radius 2 is 1.67 bits per heavy atom. The second kappa shape index (κ2) is 5.58. The molecule has 0 aliphatic carbocycles. The van der Waals surface area contributed by atoms with Crippen LogP contribution in [0.1, 0.15) is 5.56 Å². The molecule has 15 heavy (non-hydrogen) atoms. The number of hydrogen-bond acceptors (Lipinski definition) is 1. The highest BCUT2D eigenvalue weighted by molar-refractivity contribution is 6.77. The normalized spacial score (nSPS) is 11.0. The summed E-state index contributed by atoms with van der Waals surface area (Å²) in [5.74, 6) is -0.918. The van der Waals surface area contributed by atoms with Gasteiger partial charge in [-0.05, 0) is 24.3 Å². The van der Waals surface area contributed by atoms with E-state index in [4.69, 9.17) is 5.73 Å². The Morgan fingerprint density at radius 1 is 1.20 bits per heavy atom. The van der Waals surface area contributed by atoms with E-state index in [-0.39, 0.29) is 18.0 Å². The van der Waals surface area contributed by atoms with Gasteiger partial charge in [-0.15, -0.1) is 12.4 Å². The fraction of sp³-hybridized carbons (Fsp3) is 0.400. The summed E-state index contributed by atoms with van der Waals surface area (Å²) in [7, 11) is -1.68. The second-order valence-electron chi connectivity index (χ2n) is 4.25. The highest BCUT2D eigenvalue weighted by atomic mass is 35.5. The van der Waals surface area contributed by atoms with Gasteiger partial charge in [0, 0.05) is 5.56 Å². The summed E-state index contributed by atoms with van der Waals surface area (Å²) in [6.07, 6.45) is 0.542. The van der Waals surface area contributed by atoms with E-state index in [1.807, 2.05) is 13.1 Å². The number of halogens is 3. The van der Waals surface area contributed by atoms with Crippen LogP contribution in [0, 0.1) is 11.6 Å². The smallest absolute Gasteiger partial charge is 0.129 e. The van der Waals surface area contributed by atoms with Gasteiger partial charge in [0.15, 0.2) is 0 Å². The van der Waals surface area contributed by atoms with E-state index in [0.717, 1.165) is 0 Å². The lowest BCUT2D eigenvalue weighted by Crippen LogP contribution is -2.39. The maximum Gasteiger partial charge on any atom is 0.129 e. The predicted octanol–water partition coefficient (Wildman–Crippen LogP) is 2.67. The molecular formula is C10H16ClF2NSi. The first-order chi connectivity index (χ1) is 6.46. The first kappa shape index (κ1) is 14.5. The molecule has 0 atom stereocenters. The molecule has 0 radical (unpaired) electrons. The Labute approximate surface area is 96.1 Å². The van der Waals surface area contributed by atoms with E-state index in [1.165, 1.54) is 18.2 Å². The van der Waals surface area contributed by atoms with Gasteiger partial charge in [-0.1, -0.05) is 19.2 Å².